The summed E-state index contributed by atoms with van der Waals surface area (Å²) >= 11 is 0. The van der Waals surface area contributed by atoms with Crippen LogP contribution in [0, 0.1) is 5.92 Å². The molecule has 0 spiro atoms. The molecule has 1 fully saturated rings. The molecule has 1 aliphatic carbocycles. The lowest BCUT2D eigenvalue weighted by Crippen LogP contribution is -2.32. The van der Waals surface area contributed by atoms with E-state index < -0.39 is 0 Å². The summed E-state index contributed by atoms with van der Waals surface area (Å²) in [4.78, 5) is 4.49. The van der Waals surface area contributed by atoms with Gasteiger partial charge in [-0.05, 0) is 18.8 Å². The normalized spacial score (nSPS) is 19.0. The maximum absolute atomic E-state index is 5.74. The van der Waals surface area contributed by atoms with Crippen molar-refractivity contribution in [2.75, 3.05) is 0 Å². The van der Waals surface area contributed by atoms with Crippen LogP contribution in [0.4, 0.5) is 0 Å². The Bertz CT molecular complexity index is 341. The van der Waals surface area contributed by atoms with Crippen molar-refractivity contribution in [2.45, 2.75) is 64.5 Å². The molecule has 102 valence electrons. The summed E-state index contributed by atoms with van der Waals surface area (Å²) in [5, 5.41) is 0. The zero-order valence-corrected chi connectivity index (χ0v) is 11.4. The Hall–Kier alpha value is -0.870. The van der Waals surface area contributed by atoms with Crippen LogP contribution in [-0.2, 0) is 6.54 Å². The molecular weight excluding hydrogens is 224 g/mol. The second-order valence-corrected chi connectivity index (χ2v) is 5.44. The molecule has 0 amide bonds. The Morgan fingerprint density at radius 3 is 2.89 bits per heavy atom. The van der Waals surface area contributed by atoms with Crippen molar-refractivity contribution in [2.24, 2.45) is 11.8 Å². The maximum atomic E-state index is 5.74. The molecule has 1 aromatic rings. The van der Waals surface area contributed by atoms with Crippen molar-refractivity contribution in [1.82, 2.24) is 15.0 Å². The Morgan fingerprint density at radius 1 is 1.44 bits per heavy atom. The summed E-state index contributed by atoms with van der Waals surface area (Å²) in [6.07, 6.45) is 13.1. The summed E-state index contributed by atoms with van der Waals surface area (Å²) in [7, 11) is 0. The largest absolute Gasteiger partial charge is 0.334 e. The Balaban J connectivity index is 2.00. The number of aryl methyl sites for hydroxylation is 1. The van der Waals surface area contributed by atoms with Gasteiger partial charge >= 0.3 is 0 Å². The number of nitrogens with two attached hydrogens (primary N) is 1. The molecule has 0 aliphatic heterocycles. The lowest BCUT2D eigenvalue weighted by molar-refractivity contribution is 0.292. The van der Waals surface area contributed by atoms with E-state index in [9.17, 15) is 0 Å². The molecule has 1 atom stereocenters. The van der Waals surface area contributed by atoms with E-state index in [-0.39, 0.29) is 6.04 Å². The highest BCUT2D eigenvalue weighted by atomic mass is 15.3. The predicted molar refractivity (Wildman–Crippen MR) is 73.8 cm³/mol. The molecule has 2 rings (SSSR count). The number of hydrazine groups is 1. The standard InChI is InChI=1S/C14H26N4/c1-2-9-18-10-8-16-14(18)13(17-15)11-12-6-4-3-5-7-12/h8,10,12-13,17H,2-7,9,11,15H2,1H3. The predicted octanol–water partition coefficient (Wildman–Crippen LogP) is 2.77. The van der Waals surface area contributed by atoms with Gasteiger partial charge < -0.3 is 4.57 Å². The molecule has 1 aliphatic rings. The molecule has 0 radical (unpaired) electrons. The van der Waals surface area contributed by atoms with E-state index in [1.54, 1.807) is 0 Å². The van der Waals surface area contributed by atoms with E-state index in [0.29, 0.717) is 0 Å². The monoisotopic (exact) mass is 250 g/mol. The third kappa shape index (κ3) is 3.33. The number of hydrogen-bond acceptors (Lipinski definition) is 3. The van der Waals surface area contributed by atoms with Crippen molar-refractivity contribution in [1.29, 1.82) is 0 Å². The molecule has 1 unspecified atom stereocenters. The molecule has 4 heteroatoms. The minimum absolute atomic E-state index is 0.203. The van der Waals surface area contributed by atoms with Crippen LogP contribution in [0.5, 0.6) is 0 Å². The van der Waals surface area contributed by atoms with E-state index >= 15 is 0 Å². The first-order valence-corrected chi connectivity index (χ1v) is 7.32. The lowest BCUT2D eigenvalue weighted by atomic mass is 9.85. The molecule has 4 nitrogen and oxygen atoms in total. The molecule has 1 saturated carbocycles. The minimum atomic E-state index is 0.203. The van der Waals surface area contributed by atoms with Gasteiger partial charge in [-0.3, -0.25) is 5.84 Å². The van der Waals surface area contributed by atoms with E-state index in [2.05, 4.69) is 28.1 Å². The summed E-state index contributed by atoms with van der Waals surface area (Å²) in [6.45, 7) is 3.22. The first kappa shape index (κ1) is 13.6. The second kappa shape index (κ2) is 6.90. The van der Waals surface area contributed by atoms with Crippen molar-refractivity contribution in [3.05, 3.63) is 18.2 Å². The number of hydrogen-bond donors (Lipinski definition) is 2. The van der Waals surface area contributed by atoms with Crippen molar-refractivity contribution in [3.8, 4) is 0 Å². The van der Waals surface area contributed by atoms with E-state index in [1.165, 1.54) is 32.1 Å². The summed E-state index contributed by atoms with van der Waals surface area (Å²) in [5.74, 6) is 7.66. The summed E-state index contributed by atoms with van der Waals surface area (Å²) in [5.41, 5.74) is 2.97. The van der Waals surface area contributed by atoms with E-state index in [0.717, 1.165) is 31.1 Å². The fraction of sp³-hybridized carbons (Fsp3) is 0.786. The van der Waals surface area contributed by atoms with Crippen LogP contribution in [0.3, 0.4) is 0 Å². The fourth-order valence-electron chi connectivity index (χ4n) is 3.06. The average Bonchev–Trinajstić information content (AvgIpc) is 2.86. The van der Waals surface area contributed by atoms with Crippen molar-refractivity contribution < 1.29 is 0 Å². The van der Waals surface area contributed by atoms with Gasteiger partial charge in [0.25, 0.3) is 0 Å². The van der Waals surface area contributed by atoms with Gasteiger partial charge in [0.05, 0.1) is 6.04 Å². The van der Waals surface area contributed by atoms with Gasteiger partial charge in [0.1, 0.15) is 5.82 Å². The highest BCUT2D eigenvalue weighted by molar-refractivity contribution is 4.99. The molecular formula is C14H26N4. The minimum Gasteiger partial charge on any atom is -0.334 e. The lowest BCUT2D eigenvalue weighted by Gasteiger charge is -2.26. The first-order valence-electron chi connectivity index (χ1n) is 7.32. The van der Waals surface area contributed by atoms with Crippen LogP contribution in [0.25, 0.3) is 0 Å². The van der Waals surface area contributed by atoms with Gasteiger partial charge in [-0.15, -0.1) is 0 Å². The van der Waals surface area contributed by atoms with Crippen LogP contribution < -0.4 is 11.3 Å². The zero-order valence-electron chi connectivity index (χ0n) is 11.4. The van der Waals surface area contributed by atoms with Crippen molar-refractivity contribution >= 4 is 0 Å². The second-order valence-electron chi connectivity index (χ2n) is 5.44. The Morgan fingerprint density at radius 2 is 2.22 bits per heavy atom. The third-order valence-electron chi connectivity index (χ3n) is 4.02. The topological polar surface area (TPSA) is 55.9 Å². The molecule has 3 N–H and O–H groups in total. The zero-order chi connectivity index (χ0) is 12.8. The smallest absolute Gasteiger partial charge is 0.127 e. The molecule has 1 heterocycles. The first-order chi connectivity index (χ1) is 8.85. The van der Waals surface area contributed by atoms with E-state index in [4.69, 9.17) is 5.84 Å². The molecule has 0 bridgehead atoms. The Kier molecular flexibility index (Phi) is 5.20. The van der Waals surface area contributed by atoms with Crippen LogP contribution in [0.1, 0.15) is 63.7 Å². The quantitative estimate of drug-likeness (QED) is 0.603. The van der Waals surface area contributed by atoms with E-state index in [1.807, 2.05) is 6.20 Å². The molecule has 1 aromatic heterocycles. The molecule has 0 aromatic carbocycles. The van der Waals surface area contributed by atoms with Gasteiger partial charge in [-0.25, -0.2) is 10.4 Å². The SMILES string of the molecule is CCCn1ccnc1C(CC1CCCCC1)NN. The summed E-state index contributed by atoms with van der Waals surface area (Å²) in [6, 6.07) is 0.203. The van der Waals surface area contributed by atoms with Gasteiger partial charge in [0.15, 0.2) is 0 Å². The van der Waals surface area contributed by atoms with Crippen molar-refractivity contribution in [3.63, 3.8) is 0 Å². The van der Waals surface area contributed by atoms with Gasteiger partial charge in [0.2, 0.25) is 0 Å². The fourth-order valence-corrected chi connectivity index (χ4v) is 3.06. The third-order valence-corrected chi connectivity index (χ3v) is 4.02. The van der Waals surface area contributed by atoms with Gasteiger partial charge in [-0.1, -0.05) is 39.0 Å². The van der Waals surface area contributed by atoms with Crippen LogP contribution >= 0.6 is 0 Å². The number of rotatable bonds is 6. The number of nitrogens with one attached hydrogen (secondary N) is 1. The van der Waals surface area contributed by atoms with Gasteiger partial charge in [-0.2, -0.15) is 0 Å². The van der Waals surface area contributed by atoms with Gasteiger partial charge in [0, 0.05) is 18.9 Å². The summed E-state index contributed by atoms with van der Waals surface area (Å²) < 4.78 is 2.23. The number of imidazole rings is 1. The van der Waals surface area contributed by atoms with Crippen LogP contribution in [0.2, 0.25) is 0 Å². The highest BCUT2D eigenvalue weighted by Crippen LogP contribution is 2.31. The van der Waals surface area contributed by atoms with Crippen LogP contribution in [-0.4, -0.2) is 9.55 Å². The average molecular weight is 250 g/mol. The Labute approximate surface area is 110 Å². The maximum Gasteiger partial charge on any atom is 0.127 e. The number of aromatic nitrogens is 2. The molecule has 0 saturated heterocycles. The number of nitrogens with zero attached hydrogens (tertiary/aromatic N) is 2. The van der Waals surface area contributed by atoms with Crippen LogP contribution in [0.15, 0.2) is 12.4 Å². The highest BCUT2D eigenvalue weighted by Gasteiger charge is 2.22. The molecule has 18 heavy (non-hydrogen) atoms.